The van der Waals surface area contributed by atoms with Gasteiger partial charge in [-0.1, -0.05) is 23.7 Å². The minimum absolute atomic E-state index is 0.0883. The fourth-order valence-corrected chi connectivity index (χ4v) is 2.59. The van der Waals surface area contributed by atoms with Crippen LogP contribution in [0.3, 0.4) is 0 Å². The number of anilines is 2. The van der Waals surface area contributed by atoms with Crippen molar-refractivity contribution in [2.24, 2.45) is 0 Å². The van der Waals surface area contributed by atoms with E-state index >= 15 is 0 Å². The van der Waals surface area contributed by atoms with Crippen LogP contribution in [-0.2, 0) is 4.79 Å². The van der Waals surface area contributed by atoms with Crippen molar-refractivity contribution in [2.75, 3.05) is 30.4 Å². The van der Waals surface area contributed by atoms with Crippen LogP contribution in [0, 0.1) is 6.92 Å². The highest BCUT2D eigenvalue weighted by atomic mass is 35.5. The van der Waals surface area contributed by atoms with Crippen molar-refractivity contribution in [1.29, 1.82) is 0 Å². The number of likely N-dealkylation sites (N-methyl/N-ethyl adjacent to an activating group) is 1. The molecule has 0 atom stereocenters. The molecular formula is C18H21ClN2O2. The van der Waals surface area contributed by atoms with Crippen LogP contribution in [-0.4, -0.2) is 26.1 Å². The van der Waals surface area contributed by atoms with Crippen molar-refractivity contribution in [3.05, 3.63) is 53.1 Å². The summed E-state index contributed by atoms with van der Waals surface area (Å²) in [6.45, 7) is 5.10. The number of aryl methyl sites for hydroxylation is 1. The van der Waals surface area contributed by atoms with Crippen molar-refractivity contribution in [2.45, 2.75) is 13.8 Å². The van der Waals surface area contributed by atoms with Crippen LogP contribution in [0.4, 0.5) is 11.4 Å². The van der Waals surface area contributed by atoms with Gasteiger partial charge in [-0.25, -0.2) is 0 Å². The second kappa shape index (κ2) is 7.88. The number of carbonyl (C=O) groups is 1. The number of ether oxygens (including phenoxy) is 1. The maximum Gasteiger partial charge on any atom is 0.243 e. The number of hydrogen-bond donors (Lipinski definition) is 1. The maximum absolute atomic E-state index is 12.3. The minimum atomic E-state index is -0.0883. The van der Waals surface area contributed by atoms with Crippen molar-refractivity contribution < 1.29 is 9.53 Å². The van der Waals surface area contributed by atoms with E-state index < -0.39 is 0 Å². The first-order valence-corrected chi connectivity index (χ1v) is 7.86. The van der Waals surface area contributed by atoms with Gasteiger partial charge in [0.05, 0.1) is 18.7 Å². The molecule has 0 radical (unpaired) electrons. The van der Waals surface area contributed by atoms with E-state index in [2.05, 4.69) is 11.4 Å². The van der Waals surface area contributed by atoms with Gasteiger partial charge in [0.2, 0.25) is 5.91 Å². The fourth-order valence-electron chi connectivity index (χ4n) is 2.33. The average molecular weight is 333 g/mol. The van der Waals surface area contributed by atoms with Gasteiger partial charge in [0.25, 0.3) is 0 Å². The summed E-state index contributed by atoms with van der Waals surface area (Å²) in [7, 11) is 1.56. The fraction of sp³-hybridized carbons (Fsp3) is 0.278. The Labute approximate surface area is 142 Å². The van der Waals surface area contributed by atoms with E-state index in [1.807, 2.05) is 36.9 Å². The normalized spacial score (nSPS) is 10.3. The monoisotopic (exact) mass is 332 g/mol. The third kappa shape index (κ3) is 4.63. The molecule has 1 amide bonds. The Morgan fingerprint density at radius 1 is 1.26 bits per heavy atom. The molecule has 0 heterocycles. The standard InChI is InChI=1S/C18H21ClN2O2/c1-4-21(15-7-5-6-13(2)10-15)12-18(22)20-14-8-9-17(23-3)16(19)11-14/h5-11H,4,12H2,1-3H3,(H,20,22). The SMILES string of the molecule is CCN(CC(=O)Nc1ccc(OC)c(Cl)c1)c1cccc(C)c1. The largest absolute Gasteiger partial charge is 0.495 e. The predicted octanol–water partition coefficient (Wildman–Crippen LogP) is 4.12. The number of amides is 1. The zero-order chi connectivity index (χ0) is 16.8. The average Bonchev–Trinajstić information content (AvgIpc) is 2.52. The zero-order valence-corrected chi connectivity index (χ0v) is 14.4. The summed E-state index contributed by atoms with van der Waals surface area (Å²) in [5.41, 5.74) is 2.86. The molecule has 2 aromatic carbocycles. The molecule has 5 heteroatoms. The Hall–Kier alpha value is -2.20. The van der Waals surface area contributed by atoms with E-state index in [1.165, 1.54) is 5.56 Å². The maximum atomic E-state index is 12.3. The van der Waals surface area contributed by atoms with Gasteiger partial charge in [-0.15, -0.1) is 0 Å². The zero-order valence-electron chi connectivity index (χ0n) is 13.6. The van der Waals surface area contributed by atoms with Crippen LogP contribution in [0.2, 0.25) is 5.02 Å². The topological polar surface area (TPSA) is 41.6 Å². The molecule has 122 valence electrons. The van der Waals surface area contributed by atoms with Crippen molar-refractivity contribution in [3.8, 4) is 5.75 Å². The number of nitrogens with zero attached hydrogens (tertiary/aromatic N) is 1. The Morgan fingerprint density at radius 3 is 2.65 bits per heavy atom. The smallest absolute Gasteiger partial charge is 0.243 e. The molecular weight excluding hydrogens is 312 g/mol. The molecule has 1 N–H and O–H groups in total. The van der Waals surface area contributed by atoms with Crippen LogP contribution >= 0.6 is 11.6 Å². The number of hydrogen-bond acceptors (Lipinski definition) is 3. The van der Waals surface area contributed by atoms with Gasteiger partial charge in [-0.2, -0.15) is 0 Å². The lowest BCUT2D eigenvalue weighted by Gasteiger charge is -2.23. The van der Waals surface area contributed by atoms with E-state index in [4.69, 9.17) is 16.3 Å². The molecule has 2 rings (SSSR count). The van der Waals surface area contributed by atoms with E-state index in [0.29, 0.717) is 16.5 Å². The summed E-state index contributed by atoms with van der Waals surface area (Å²) in [6.07, 6.45) is 0. The Bertz CT molecular complexity index is 688. The summed E-state index contributed by atoms with van der Waals surface area (Å²) < 4.78 is 5.10. The molecule has 0 aliphatic carbocycles. The highest BCUT2D eigenvalue weighted by Crippen LogP contribution is 2.27. The van der Waals surface area contributed by atoms with Crippen molar-refractivity contribution in [3.63, 3.8) is 0 Å². The molecule has 23 heavy (non-hydrogen) atoms. The summed E-state index contributed by atoms with van der Waals surface area (Å²) in [6, 6.07) is 13.3. The Balaban J connectivity index is 2.04. The first-order chi connectivity index (χ1) is 11.0. The molecule has 0 saturated heterocycles. The van der Waals surface area contributed by atoms with Crippen molar-refractivity contribution >= 4 is 28.9 Å². The first kappa shape index (κ1) is 17.2. The minimum Gasteiger partial charge on any atom is -0.495 e. The number of methoxy groups -OCH3 is 1. The molecule has 0 spiro atoms. The van der Waals surface area contributed by atoms with Gasteiger partial charge in [0.1, 0.15) is 5.75 Å². The lowest BCUT2D eigenvalue weighted by molar-refractivity contribution is -0.115. The van der Waals surface area contributed by atoms with Crippen molar-refractivity contribution in [1.82, 2.24) is 0 Å². The van der Waals surface area contributed by atoms with E-state index in [-0.39, 0.29) is 12.5 Å². The van der Waals surface area contributed by atoms with E-state index in [0.717, 1.165) is 12.2 Å². The number of benzene rings is 2. The number of rotatable bonds is 6. The highest BCUT2D eigenvalue weighted by Gasteiger charge is 2.11. The number of halogens is 1. The first-order valence-electron chi connectivity index (χ1n) is 7.48. The molecule has 4 nitrogen and oxygen atoms in total. The third-order valence-electron chi connectivity index (χ3n) is 3.52. The molecule has 0 fully saturated rings. The Kier molecular flexibility index (Phi) is 5.88. The molecule has 0 aliphatic rings. The molecule has 0 saturated carbocycles. The number of carbonyl (C=O) groups excluding carboxylic acids is 1. The lowest BCUT2D eigenvalue weighted by Crippen LogP contribution is -2.33. The summed E-state index contributed by atoms with van der Waals surface area (Å²) in [4.78, 5) is 14.3. The summed E-state index contributed by atoms with van der Waals surface area (Å²) in [5.74, 6) is 0.495. The molecule has 0 bridgehead atoms. The lowest BCUT2D eigenvalue weighted by atomic mass is 10.2. The molecule has 2 aromatic rings. The van der Waals surface area contributed by atoms with Gasteiger partial charge in [0.15, 0.2) is 0 Å². The third-order valence-corrected chi connectivity index (χ3v) is 3.81. The Morgan fingerprint density at radius 2 is 2.04 bits per heavy atom. The summed E-state index contributed by atoms with van der Waals surface area (Å²) in [5, 5.41) is 3.33. The predicted molar refractivity (Wildman–Crippen MR) is 95.7 cm³/mol. The molecule has 0 unspecified atom stereocenters. The second-order valence-electron chi connectivity index (χ2n) is 5.25. The van der Waals surface area contributed by atoms with Crippen LogP contribution < -0.4 is 15.0 Å². The van der Waals surface area contributed by atoms with E-state index in [1.54, 1.807) is 25.3 Å². The number of nitrogens with one attached hydrogen (secondary N) is 1. The van der Waals surface area contributed by atoms with Gasteiger partial charge >= 0.3 is 0 Å². The van der Waals surface area contributed by atoms with Gasteiger partial charge in [-0.05, 0) is 49.7 Å². The second-order valence-corrected chi connectivity index (χ2v) is 5.66. The highest BCUT2D eigenvalue weighted by molar-refractivity contribution is 6.32. The molecule has 0 aliphatic heterocycles. The van der Waals surface area contributed by atoms with Crippen LogP contribution in [0.1, 0.15) is 12.5 Å². The summed E-state index contributed by atoms with van der Waals surface area (Å²) >= 11 is 6.07. The van der Waals surface area contributed by atoms with Crippen LogP contribution in [0.5, 0.6) is 5.75 Å². The van der Waals surface area contributed by atoms with Crippen LogP contribution in [0.25, 0.3) is 0 Å². The van der Waals surface area contributed by atoms with Crippen LogP contribution in [0.15, 0.2) is 42.5 Å². The van der Waals surface area contributed by atoms with Gasteiger partial charge in [-0.3, -0.25) is 4.79 Å². The van der Waals surface area contributed by atoms with Gasteiger partial charge in [0, 0.05) is 17.9 Å². The van der Waals surface area contributed by atoms with E-state index in [9.17, 15) is 4.79 Å². The molecule has 0 aromatic heterocycles. The van der Waals surface area contributed by atoms with Gasteiger partial charge < -0.3 is 15.0 Å². The quantitative estimate of drug-likeness (QED) is 0.865.